The number of fused-ring (bicyclic) bond motifs is 2. The molecule has 1 aliphatic rings. The minimum atomic E-state index is -0.0223. The highest BCUT2D eigenvalue weighted by molar-refractivity contribution is 5.93. The number of hydrogen-bond donors (Lipinski definition) is 0. The van der Waals surface area contributed by atoms with Crippen LogP contribution in [0, 0.1) is 19.8 Å². The first-order valence-corrected chi connectivity index (χ1v) is 10.5. The van der Waals surface area contributed by atoms with E-state index in [0.29, 0.717) is 11.6 Å². The number of rotatable bonds is 3. The van der Waals surface area contributed by atoms with E-state index in [-0.39, 0.29) is 5.91 Å². The van der Waals surface area contributed by atoms with Crippen LogP contribution in [0.3, 0.4) is 0 Å². The Kier molecular flexibility index (Phi) is 4.69. The number of hydrogen-bond acceptors (Lipinski definition) is 4. The molecule has 0 N–H and O–H groups in total. The van der Waals surface area contributed by atoms with Crippen molar-refractivity contribution >= 4 is 28.0 Å². The van der Waals surface area contributed by atoms with Gasteiger partial charge >= 0.3 is 0 Å². The third kappa shape index (κ3) is 3.43. The van der Waals surface area contributed by atoms with E-state index in [1.807, 2.05) is 35.5 Å². The van der Waals surface area contributed by atoms with Gasteiger partial charge < -0.3 is 9.47 Å². The van der Waals surface area contributed by atoms with Crippen LogP contribution in [0.15, 0.2) is 48.9 Å². The van der Waals surface area contributed by atoms with Crippen LogP contribution in [-0.2, 0) is 6.54 Å². The molecule has 6 nitrogen and oxygen atoms in total. The molecule has 152 valence electrons. The Hall–Kier alpha value is -3.28. The summed E-state index contributed by atoms with van der Waals surface area (Å²) in [5, 5.41) is 0. The van der Waals surface area contributed by atoms with E-state index in [2.05, 4.69) is 45.5 Å². The van der Waals surface area contributed by atoms with Crippen molar-refractivity contribution in [2.45, 2.75) is 33.2 Å². The molecule has 1 fully saturated rings. The fraction of sp³-hybridized carbons (Fsp3) is 0.333. The van der Waals surface area contributed by atoms with E-state index in [4.69, 9.17) is 0 Å². The summed E-state index contributed by atoms with van der Waals surface area (Å²) in [7, 11) is 0. The van der Waals surface area contributed by atoms with Crippen molar-refractivity contribution < 1.29 is 4.79 Å². The van der Waals surface area contributed by atoms with E-state index < -0.39 is 0 Å². The van der Waals surface area contributed by atoms with E-state index in [0.717, 1.165) is 49.0 Å². The zero-order chi connectivity index (χ0) is 20.7. The molecule has 6 heteroatoms. The summed E-state index contributed by atoms with van der Waals surface area (Å²) < 4.78 is 2.26. The van der Waals surface area contributed by atoms with Gasteiger partial charge in [0.25, 0.3) is 5.91 Å². The number of carbonyl (C=O) groups is 1. The average molecular weight is 399 g/mol. The van der Waals surface area contributed by atoms with Gasteiger partial charge in [0.15, 0.2) is 0 Å². The van der Waals surface area contributed by atoms with Crippen LogP contribution in [0.4, 0.5) is 0 Å². The van der Waals surface area contributed by atoms with Crippen molar-refractivity contribution in [2.75, 3.05) is 13.1 Å². The minimum absolute atomic E-state index is 0.0223. The highest BCUT2D eigenvalue weighted by Gasteiger charge is 2.25. The first-order chi connectivity index (χ1) is 14.6. The van der Waals surface area contributed by atoms with Gasteiger partial charge in [-0.1, -0.05) is 12.1 Å². The van der Waals surface area contributed by atoms with Crippen molar-refractivity contribution in [3.8, 4) is 0 Å². The molecular weight excluding hydrogens is 374 g/mol. The molecular formula is C24H25N5O. The second-order valence-electron chi connectivity index (χ2n) is 8.30. The van der Waals surface area contributed by atoms with Crippen LogP contribution in [-0.4, -0.2) is 43.4 Å². The third-order valence-corrected chi connectivity index (χ3v) is 6.26. The summed E-state index contributed by atoms with van der Waals surface area (Å²) in [5.41, 5.74) is 6.82. The maximum atomic E-state index is 12.9. The first kappa shape index (κ1) is 18.7. The molecule has 0 bridgehead atoms. The highest BCUT2D eigenvalue weighted by Crippen LogP contribution is 2.24. The zero-order valence-corrected chi connectivity index (χ0v) is 17.4. The number of piperidine rings is 1. The monoisotopic (exact) mass is 399 g/mol. The van der Waals surface area contributed by atoms with Gasteiger partial charge in [-0.05, 0) is 68.0 Å². The summed E-state index contributed by atoms with van der Waals surface area (Å²) >= 11 is 0. The Labute approximate surface area is 175 Å². The maximum absolute atomic E-state index is 12.9. The molecule has 1 saturated heterocycles. The van der Waals surface area contributed by atoms with E-state index in [9.17, 15) is 4.79 Å². The zero-order valence-electron chi connectivity index (χ0n) is 17.4. The van der Waals surface area contributed by atoms with E-state index in [1.54, 1.807) is 6.20 Å². The van der Waals surface area contributed by atoms with Gasteiger partial charge in [-0.15, -0.1) is 0 Å². The van der Waals surface area contributed by atoms with Gasteiger partial charge in [0.05, 0.1) is 34.6 Å². The van der Waals surface area contributed by atoms with Crippen molar-refractivity contribution in [3.05, 3.63) is 65.7 Å². The van der Waals surface area contributed by atoms with Crippen LogP contribution in [0.1, 0.15) is 34.5 Å². The summed E-state index contributed by atoms with van der Waals surface area (Å²) in [4.78, 5) is 28.3. The number of aryl methyl sites for hydroxylation is 2. The lowest BCUT2D eigenvalue weighted by Gasteiger charge is -2.32. The Morgan fingerprint density at radius 3 is 2.53 bits per heavy atom. The molecule has 0 saturated carbocycles. The largest absolute Gasteiger partial charge is 0.337 e. The van der Waals surface area contributed by atoms with Crippen molar-refractivity contribution in [2.24, 2.45) is 5.92 Å². The molecule has 0 spiro atoms. The molecule has 0 unspecified atom stereocenters. The molecule has 30 heavy (non-hydrogen) atoms. The maximum Gasteiger partial charge on any atom is 0.274 e. The lowest BCUT2D eigenvalue weighted by atomic mass is 9.96. The quantitative estimate of drug-likeness (QED) is 0.519. The van der Waals surface area contributed by atoms with Crippen molar-refractivity contribution in [1.82, 2.24) is 24.4 Å². The van der Waals surface area contributed by atoms with Crippen LogP contribution < -0.4 is 0 Å². The van der Waals surface area contributed by atoms with Crippen LogP contribution in [0.5, 0.6) is 0 Å². The summed E-state index contributed by atoms with van der Waals surface area (Å²) in [6.45, 7) is 6.72. The van der Waals surface area contributed by atoms with Gasteiger partial charge in [-0.25, -0.2) is 9.97 Å². The summed E-state index contributed by atoms with van der Waals surface area (Å²) in [5.74, 6) is 0.515. The van der Waals surface area contributed by atoms with Gasteiger partial charge in [0.1, 0.15) is 5.69 Å². The second kappa shape index (κ2) is 7.52. The molecule has 3 heterocycles. The smallest absolute Gasteiger partial charge is 0.274 e. The van der Waals surface area contributed by atoms with Gasteiger partial charge in [-0.2, -0.15) is 0 Å². The number of likely N-dealkylation sites (tertiary alicyclic amines) is 1. The van der Waals surface area contributed by atoms with Crippen molar-refractivity contribution in [1.29, 1.82) is 0 Å². The molecule has 1 aliphatic heterocycles. The normalized spacial score (nSPS) is 15.2. The molecule has 2 aromatic heterocycles. The average Bonchev–Trinajstić information content (AvgIpc) is 3.15. The highest BCUT2D eigenvalue weighted by atomic mass is 16.2. The molecule has 4 aromatic rings. The molecule has 0 aliphatic carbocycles. The predicted octanol–water partition coefficient (Wildman–Crippen LogP) is 4.15. The van der Waals surface area contributed by atoms with E-state index >= 15 is 0 Å². The standard InChI is InChI=1S/C24H25N5O/c1-16-11-21-23(12-17(16)2)29(15-26-21)14-18-7-9-28(10-8-18)24(30)22-13-25-19-5-3-4-6-20(19)27-22/h3-6,11-13,15,18H,7-10,14H2,1-2H3. The first-order valence-electron chi connectivity index (χ1n) is 10.5. The number of para-hydroxylation sites is 2. The fourth-order valence-electron chi connectivity index (χ4n) is 4.28. The predicted molar refractivity (Wildman–Crippen MR) is 117 cm³/mol. The van der Waals surface area contributed by atoms with Crippen LogP contribution in [0.25, 0.3) is 22.1 Å². The molecule has 0 atom stereocenters. The third-order valence-electron chi connectivity index (χ3n) is 6.26. The van der Waals surface area contributed by atoms with Crippen LogP contribution >= 0.6 is 0 Å². The number of carbonyl (C=O) groups excluding carboxylic acids is 1. The lowest BCUT2D eigenvalue weighted by molar-refractivity contribution is 0.0677. The van der Waals surface area contributed by atoms with Gasteiger partial charge in [-0.3, -0.25) is 9.78 Å². The summed E-state index contributed by atoms with van der Waals surface area (Å²) in [6, 6.07) is 12.0. The Morgan fingerprint density at radius 2 is 1.73 bits per heavy atom. The number of nitrogens with zero attached hydrogens (tertiary/aromatic N) is 5. The number of amides is 1. The lowest BCUT2D eigenvalue weighted by Crippen LogP contribution is -2.39. The van der Waals surface area contributed by atoms with Gasteiger partial charge in [0, 0.05) is 19.6 Å². The van der Waals surface area contributed by atoms with Crippen LogP contribution in [0.2, 0.25) is 0 Å². The molecule has 2 aromatic carbocycles. The second-order valence-corrected chi connectivity index (χ2v) is 8.30. The van der Waals surface area contributed by atoms with E-state index in [1.165, 1.54) is 16.6 Å². The van der Waals surface area contributed by atoms with Gasteiger partial charge in [0.2, 0.25) is 0 Å². The minimum Gasteiger partial charge on any atom is -0.337 e. The number of aromatic nitrogens is 4. The SMILES string of the molecule is Cc1cc2ncn(CC3CCN(C(=O)c4cnc5ccccc5n4)CC3)c2cc1C. The number of benzene rings is 2. The topological polar surface area (TPSA) is 63.9 Å². The fourth-order valence-corrected chi connectivity index (χ4v) is 4.28. The Balaban J connectivity index is 1.26. The summed E-state index contributed by atoms with van der Waals surface area (Å²) in [6.07, 6.45) is 5.51. The Bertz CT molecular complexity index is 1240. The van der Waals surface area contributed by atoms with Crippen molar-refractivity contribution in [3.63, 3.8) is 0 Å². The molecule has 1 amide bonds. The number of imidazole rings is 1. The Morgan fingerprint density at radius 1 is 1.00 bits per heavy atom. The molecule has 5 rings (SSSR count). The molecule has 0 radical (unpaired) electrons.